The Kier molecular flexibility index (Phi) is 13.2. The molecule has 18 heteroatoms. The van der Waals surface area contributed by atoms with Crippen molar-refractivity contribution in [3.05, 3.63) is 52.6 Å². The number of unbranched alkanes of at least 4 members (excludes halogenated alkanes) is 2. The van der Waals surface area contributed by atoms with E-state index in [9.17, 15) is 29.2 Å². The lowest BCUT2D eigenvalue weighted by Gasteiger charge is -2.27. The van der Waals surface area contributed by atoms with E-state index in [1.165, 1.54) is 17.8 Å². The monoisotopic (exact) mass is 724 g/mol. The van der Waals surface area contributed by atoms with E-state index in [-0.39, 0.29) is 53.7 Å². The summed E-state index contributed by atoms with van der Waals surface area (Å²) in [7, 11) is -4.09. The number of ether oxygens (including phenoxy) is 2. The summed E-state index contributed by atoms with van der Waals surface area (Å²) in [6.07, 6.45) is 0.177. The number of carbonyl (C=O) groups is 2. The van der Waals surface area contributed by atoms with Gasteiger partial charge in [0.25, 0.3) is 5.56 Å². The molecule has 4 rings (SSSR count). The smallest absolute Gasteiger partial charge is 0.405 e. The van der Waals surface area contributed by atoms with Gasteiger partial charge in [-0.2, -0.15) is 4.98 Å². The summed E-state index contributed by atoms with van der Waals surface area (Å²) >= 11 is 0.951. The number of thioether (sulfide) groups is 1. The maximum atomic E-state index is 13.9. The molecule has 1 aliphatic heterocycles. The summed E-state index contributed by atoms with van der Waals surface area (Å²) in [6, 6.07) is 9.10. The van der Waals surface area contributed by atoms with Crippen LogP contribution in [-0.2, 0) is 39.2 Å². The van der Waals surface area contributed by atoms with Gasteiger partial charge in [0.1, 0.15) is 24.4 Å². The van der Waals surface area contributed by atoms with Crippen LogP contribution in [0.3, 0.4) is 0 Å². The van der Waals surface area contributed by atoms with Crippen molar-refractivity contribution in [2.75, 3.05) is 31.3 Å². The molecule has 3 aromatic rings. The predicted molar refractivity (Wildman–Crippen MR) is 182 cm³/mol. The Balaban J connectivity index is 1.38. The summed E-state index contributed by atoms with van der Waals surface area (Å²) in [4.78, 5) is 47.7. The number of nitrogen functional groups attached to an aromatic ring is 1. The Bertz CT molecular complexity index is 1680. The zero-order chi connectivity index (χ0) is 35.8. The number of aliphatic hydroxyl groups excluding tert-OH is 1. The molecule has 3 heterocycles. The quantitative estimate of drug-likeness (QED) is 0.0721. The van der Waals surface area contributed by atoms with Gasteiger partial charge in [0, 0.05) is 18.7 Å². The average molecular weight is 725 g/mol. The van der Waals surface area contributed by atoms with Crippen molar-refractivity contribution in [2.45, 2.75) is 84.0 Å². The molecule has 1 aromatic carbocycles. The lowest BCUT2D eigenvalue weighted by molar-refractivity contribution is -0.147. The Morgan fingerprint density at radius 3 is 2.69 bits per heavy atom. The normalized spacial score (nSPS) is 22.3. The molecular formula is C31H45N6O10PS. The molecule has 1 fully saturated rings. The molecule has 1 aliphatic rings. The van der Waals surface area contributed by atoms with E-state index < -0.39 is 49.4 Å². The number of carbonyl (C=O) groups excluding carboxylic acids is 2. The van der Waals surface area contributed by atoms with Crippen molar-refractivity contribution in [3.8, 4) is 0 Å². The molecular weight excluding hydrogens is 679 g/mol. The maximum absolute atomic E-state index is 13.9. The molecule has 0 saturated carbocycles. The zero-order valence-electron chi connectivity index (χ0n) is 28.0. The predicted octanol–water partition coefficient (Wildman–Crippen LogP) is 3.05. The summed E-state index contributed by atoms with van der Waals surface area (Å²) in [5.74, 6) is -0.399. The third-order valence-electron chi connectivity index (χ3n) is 7.90. The number of fused-ring (bicyclic) bond motifs is 1. The zero-order valence-corrected chi connectivity index (χ0v) is 29.7. The highest BCUT2D eigenvalue weighted by molar-refractivity contribution is 8.13. The van der Waals surface area contributed by atoms with E-state index in [0.29, 0.717) is 6.42 Å². The number of hydrogen-bond donors (Lipinski definition) is 5. The summed E-state index contributed by atoms with van der Waals surface area (Å²) in [5, 5.41) is 24.9. The van der Waals surface area contributed by atoms with Crippen LogP contribution in [0, 0.1) is 5.41 Å². The summed E-state index contributed by atoms with van der Waals surface area (Å²) < 4.78 is 37.9. The van der Waals surface area contributed by atoms with Gasteiger partial charge in [0.15, 0.2) is 22.5 Å². The van der Waals surface area contributed by atoms with Gasteiger partial charge >= 0.3 is 13.7 Å². The van der Waals surface area contributed by atoms with E-state index in [1.807, 2.05) is 37.3 Å². The first-order valence-electron chi connectivity index (χ1n) is 16.0. The Hall–Kier alpha value is -3.15. The van der Waals surface area contributed by atoms with Crippen molar-refractivity contribution in [1.82, 2.24) is 24.6 Å². The number of aromatic amines is 1. The number of aliphatic hydroxyl groups is 2. The van der Waals surface area contributed by atoms with Gasteiger partial charge in [-0.15, -0.1) is 0 Å². The fraction of sp³-hybridized carbons (Fsp3) is 0.581. The van der Waals surface area contributed by atoms with Crippen LogP contribution < -0.4 is 16.4 Å². The molecule has 6 N–H and O–H groups in total. The van der Waals surface area contributed by atoms with Gasteiger partial charge in [-0.1, -0.05) is 61.9 Å². The fourth-order valence-electron chi connectivity index (χ4n) is 4.98. The second-order valence-electron chi connectivity index (χ2n) is 12.6. The van der Waals surface area contributed by atoms with Crippen molar-refractivity contribution in [1.29, 1.82) is 0 Å². The van der Waals surface area contributed by atoms with E-state index in [2.05, 4.69) is 20.0 Å². The highest BCUT2D eigenvalue weighted by atomic mass is 32.2. The van der Waals surface area contributed by atoms with Gasteiger partial charge in [0.05, 0.1) is 25.0 Å². The molecule has 2 unspecified atom stereocenters. The number of imidazole rings is 1. The molecule has 0 aliphatic carbocycles. The second kappa shape index (κ2) is 16.7. The first-order valence-corrected chi connectivity index (χ1v) is 18.5. The number of nitrogens with two attached hydrogens (primary N) is 1. The second-order valence-corrected chi connectivity index (χ2v) is 15.5. The van der Waals surface area contributed by atoms with Gasteiger partial charge in [-0.05, 0) is 32.8 Å². The van der Waals surface area contributed by atoms with Gasteiger partial charge in [-0.3, -0.25) is 33.0 Å². The Morgan fingerprint density at radius 2 is 1.98 bits per heavy atom. The van der Waals surface area contributed by atoms with Crippen LogP contribution in [0.4, 0.5) is 5.95 Å². The number of H-pyrrole nitrogens is 1. The third kappa shape index (κ3) is 9.98. The van der Waals surface area contributed by atoms with Crippen molar-refractivity contribution >= 4 is 47.7 Å². The molecule has 270 valence electrons. The van der Waals surface area contributed by atoms with Gasteiger partial charge in [0.2, 0.25) is 5.95 Å². The number of nitrogens with zero attached hydrogens (tertiary/aromatic N) is 3. The van der Waals surface area contributed by atoms with Crippen LogP contribution in [0.2, 0.25) is 0 Å². The first-order chi connectivity index (χ1) is 23.2. The molecule has 5 atom stereocenters. The highest BCUT2D eigenvalue weighted by Crippen LogP contribution is 2.47. The van der Waals surface area contributed by atoms with Crippen molar-refractivity contribution < 1.29 is 42.9 Å². The molecule has 49 heavy (non-hydrogen) atoms. The van der Waals surface area contributed by atoms with Crippen LogP contribution >= 0.6 is 19.5 Å². The average Bonchev–Trinajstić information content (AvgIpc) is 3.58. The number of aromatic nitrogens is 4. The van der Waals surface area contributed by atoms with Crippen LogP contribution in [0.25, 0.3) is 11.2 Å². The summed E-state index contributed by atoms with van der Waals surface area (Å²) in [6.45, 7) is 6.16. The minimum Gasteiger partial charge on any atom is -0.465 e. The molecule has 0 radical (unpaired) electrons. The lowest BCUT2D eigenvalue weighted by Crippen LogP contribution is -2.44. The number of benzene rings is 1. The minimum absolute atomic E-state index is 0.0270. The van der Waals surface area contributed by atoms with Gasteiger partial charge < -0.3 is 25.4 Å². The number of nitrogens with one attached hydrogen (secondary N) is 2. The van der Waals surface area contributed by atoms with E-state index in [4.69, 9.17) is 24.3 Å². The fourth-order valence-corrected chi connectivity index (χ4v) is 7.21. The molecule has 0 bridgehead atoms. The van der Waals surface area contributed by atoms with Crippen molar-refractivity contribution in [2.24, 2.45) is 5.41 Å². The topological polar surface area (TPSA) is 230 Å². The number of rotatable bonds is 18. The van der Waals surface area contributed by atoms with E-state index in [0.717, 1.165) is 36.6 Å². The van der Waals surface area contributed by atoms with Crippen LogP contribution in [0.1, 0.15) is 65.2 Å². The molecule has 0 spiro atoms. The SMILES string of the molecule is CCCCCC(=O)OCC(C)(C)C(=O)SCCOP(=O)(NCc1ccccc1)OCC1O[C@@H](n2cnc3c(=O)[nH]c(N)nc32)[C@](C)(O)[C@@H]1O. The lowest BCUT2D eigenvalue weighted by atomic mass is 9.96. The Labute approximate surface area is 288 Å². The number of hydrogen-bond acceptors (Lipinski definition) is 14. The standard InChI is InChI=1S/C31H45N6O10PS/c1-5-6-8-13-22(38)44-18-30(2,3)28(41)49-15-14-45-48(43,34-16-20-11-9-7-10-12-20)46-17-21-24(39)31(4,42)27(47-21)37-19-33-23-25(37)35-29(32)36-26(23)40/h7,9-12,19,21,24,27,39,42H,5-6,8,13-18H2,1-4H3,(H,34,43)(H3,32,35,36,40)/t21?,24-,27-,31-,48?/m1/s1. The first kappa shape index (κ1) is 38.6. The maximum Gasteiger partial charge on any atom is 0.405 e. The minimum atomic E-state index is -4.09. The van der Waals surface area contributed by atoms with Crippen LogP contribution in [0.5, 0.6) is 0 Å². The van der Waals surface area contributed by atoms with E-state index in [1.54, 1.807) is 13.8 Å². The molecule has 0 amide bonds. The third-order valence-corrected chi connectivity index (χ3v) is 10.6. The largest absolute Gasteiger partial charge is 0.465 e. The van der Waals surface area contributed by atoms with Crippen LogP contribution in [0.15, 0.2) is 41.5 Å². The highest BCUT2D eigenvalue weighted by Gasteiger charge is 2.54. The molecule has 1 saturated heterocycles. The van der Waals surface area contributed by atoms with Crippen molar-refractivity contribution in [3.63, 3.8) is 0 Å². The summed E-state index contributed by atoms with van der Waals surface area (Å²) in [5.41, 5.74) is 3.01. The Morgan fingerprint density at radius 1 is 1.24 bits per heavy atom. The van der Waals surface area contributed by atoms with Gasteiger partial charge in [-0.25, -0.2) is 14.6 Å². The number of esters is 1. The van der Waals surface area contributed by atoms with E-state index >= 15 is 0 Å². The van der Waals surface area contributed by atoms with Crippen LogP contribution in [-0.4, -0.2) is 84.2 Å². The number of anilines is 1. The molecule has 16 nitrogen and oxygen atoms in total. The molecule has 2 aromatic heterocycles.